The topological polar surface area (TPSA) is 40.5 Å². The molecule has 2 fully saturated rings. The number of amides is 1. The molecule has 0 radical (unpaired) electrons. The first-order chi connectivity index (χ1) is 17.2. The summed E-state index contributed by atoms with van der Waals surface area (Å²) in [6, 6.07) is 0. The average Bonchev–Trinajstić information content (AvgIpc) is 2.85. The minimum atomic E-state index is -0.161. The molecule has 3 rings (SSSR count). The molecule has 0 bridgehead atoms. The van der Waals surface area contributed by atoms with Crippen molar-refractivity contribution in [3.8, 4) is 0 Å². The number of hydrogen-bond donors (Lipinski definition) is 1. The zero-order chi connectivity index (χ0) is 26.3. The molecule has 3 nitrogen and oxygen atoms in total. The SMILES string of the molecule is CCCCCCCCCCN(CC)C(=O)CCC1=C(C)CCC2C1CCC1C(C)(C)[C@@H](O)CC[C@]21C. The third-order valence-corrected chi connectivity index (χ3v) is 11.1. The number of aliphatic hydroxyl groups is 1. The van der Waals surface area contributed by atoms with E-state index in [1.165, 1.54) is 70.6 Å². The highest BCUT2D eigenvalue weighted by Gasteiger charge is 2.58. The summed E-state index contributed by atoms with van der Waals surface area (Å²) in [7, 11) is 0. The van der Waals surface area contributed by atoms with E-state index >= 15 is 0 Å². The Balaban J connectivity index is 1.52. The van der Waals surface area contributed by atoms with Crippen molar-refractivity contribution in [3.05, 3.63) is 11.1 Å². The molecule has 0 spiro atoms. The molecule has 1 N–H and O–H groups in total. The first-order valence-electron chi connectivity index (χ1n) is 15.8. The summed E-state index contributed by atoms with van der Waals surface area (Å²) < 4.78 is 0. The Kier molecular flexibility index (Phi) is 11.0. The van der Waals surface area contributed by atoms with Crippen molar-refractivity contribution < 1.29 is 9.90 Å². The number of rotatable bonds is 13. The summed E-state index contributed by atoms with van der Waals surface area (Å²) in [5, 5.41) is 10.8. The molecule has 3 aliphatic rings. The molecule has 1 amide bonds. The Hall–Kier alpha value is -0.830. The predicted molar refractivity (Wildman–Crippen MR) is 153 cm³/mol. The van der Waals surface area contributed by atoms with Crippen molar-refractivity contribution in [1.82, 2.24) is 4.90 Å². The van der Waals surface area contributed by atoms with Crippen LogP contribution in [0.15, 0.2) is 11.1 Å². The van der Waals surface area contributed by atoms with Crippen LogP contribution in [0.3, 0.4) is 0 Å². The van der Waals surface area contributed by atoms with E-state index in [9.17, 15) is 9.90 Å². The van der Waals surface area contributed by atoms with E-state index in [4.69, 9.17) is 0 Å². The maximum absolute atomic E-state index is 13.2. The quantitative estimate of drug-likeness (QED) is 0.202. The molecule has 0 aliphatic heterocycles. The zero-order valence-corrected chi connectivity index (χ0v) is 24.8. The zero-order valence-electron chi connectivity index (χ0n) is 24.8. The Labute approximate surface area is 223 Å². The highest BCUT2D eigenvalue weighted by Crippen LogP contribution is 2.64. The Morgan fingerprint density at radius 2 is 1.61 bits per heavy atom. The predicted octanol–water partition coefficient (Wildman–Crippen LogP) is 8.70. The highest BCUT2D eigenvalue weighted by molar-refractivity contribution is 5.76. The molecule has 0 aromatic rings. The molecule has 208 valence electrons. The van der Waals surface area contributed by atoms with Crippen molar-refractivity contribution in [1.29, 1.82) is 0 Å². The van der Waals surface area contributed by atoms with Crippen molar-refractivity contribution in [3.63, 3.8) is 0 Å². The van der Waals surface area contributed by atoms with Crippen molar-refractivity contribution >= 4 is 5.91 Å². The molecule has 0 aromatic carbocycles. The molecular formula is C33H59NO2. The Morgan fingerprint density at radius 3 is 2.28 bits per heavy atom. The summed E-state index contributed by atoms with van der Waals surface area (Å²) in [5.74, 6) is 2.35. The molecule has 0 heterocycles. The van der Waals surface area contributed by atoms with E-state index in [2.05, 4.69) is 46.4 Å². The fraction of sp³-hybridized carbons (Fsp3) is 0.909. The van der Waals surface area contributed by atoms with Crippen molar-refractivity contribution in [2.45, 2.75) is 150 Å². The average molecular weight is 502 g/mol. The van der Waals surface area contributed by atoms with Gasteiger partial charge in [0, 0.05) is 19.5 Å². The molecule has 2 saturated carbocycles. The summed E-state index contributed by atoms with van der Waals surface area (Å²) in [6.07, 6.45) is 19.1. The number of hydrogen-bond acceptors (Lipinski definition) is 2. The molecular weight excluding hydrogens is 442 g/mol. The maximum atomic E-state index is 13.2. The first-order valence-corrected chi connectivity index (χ1v) is 15.8. The number of carbonyl (C=O) groups excluding carboxylic acids is 1. The maximum Gasteiger partial charge on any atom is 0.222 e. The van der Waals surface area contributed by atoms with Gasteiger partial charge in [-0.1, -0.05) is 83.8 Å². The number of allylic oxidation sites excluding steroid dienone is 2. The van der Waals surface area contributed by atoms with Crippen LogP contribution in [-0.2, 0) is 4.79 Å². The van der Waals surface area contributed by atoms with Crippen LogP contribution in [0.1, 0.15) is 144 Å². The van der Waals surface area contributed by atoms with Crippen molar-refractivity contribution in [2.75, 3.05) is 13.1 Å². The van der Waals surface area contributed by atoms with Crippen LogP contribution in [-0.4, -0.2) is 35.1 Å². The van der Waals surface area contributed by atoms with E-state index in [1.807, 2.05) is 0 Å². The molecule has 3 heteroatoms. The van der Waals surface area contributed by atoms with Crippen LogP contribution in [0, 0.1) is 28.6 Å². The highest BCUT2D eigenvalue weighted by atomic mass is 16.3. The molecule has 3 aliphatic carbocycles. The second kappa shape index (κ2) is 13.3. The second-order valence-electron chi connectivity index (χ2n) is 13.5. The lowest BCUT2D eigenvalue weighted by Crippen LogP contribution is -2.56. The fourth-order valence-electron chi connectivity index (χ4n) is 8.72. The van der Waals surface area contributed by atoms with Gasteiger partial charge in [-0.05, 0) is 93.8 Å². The number of unbranched alkanes of at least 4 members (excludes halogenated alkanes) is 7. The standard InChI is InChI=1S/C33H59NO2/c1-7-9-10-11-12-13-14-15-24-34(8-2)31(36)21-18-26-25(3)16-19-28-27(26)17-20-29-32(4,5)30(35)22-23-33(28,29)6/h27-30,35H,7-24H2,1-6H3/t27?,28?,29?,30-,33+/m0/s1. The van der Waals surface area contributed by atoms with Gasteiger partial charge in [0.05, 0.1) is 6.10 Å². The Bertz CT molecular complexity index is 740. The van der Waals surface area contributed by atoms with Gasteiger partial charge in [-0.25, -0.2) is 0 Å². The lowest BCUT2D eigenvalue weighted by molar-refractivity contribution is -0.149. The van der Waals surface area contributed by atoms with Crippen LogP contribution in [0.5, 0.6) is 0 Å². The van der Waals surface area contributed by atoms with Gasteiger partial charge >= 0.3 is 0 Å². The van der Waals surface area contributed by atoms with Gasteiger partial charge in [-0.2, -0.15) is 0 Å². The lowest BCUT2D eigenvalue weighted by atomic mass is 9.43. The molecule has 0 saturated heterocycles. The van der Waals surface area contributed by atoms with Gasteiger partial charge in [0.15, 0.2) is 0 Å². The van der Waals surface area contributed by atoms with E-state index in [0.717, 1.165) is 44.7 Å². The second-order valence-corrected chi connectivity index (χ2v) is 13.5. The largest absolute Gasteiger partial charge is 0.393 e. The summed E-state index contributed by atoms with van der Waals surface area (Å²) in [4.78, 5) is 15.3. The van der Waals surface area contributed by atoms with Gasteiger partial charge in [-0.15, -0.1) is 0 Å². The smallest absolute Gasteiger partial charge is 0.222 e. The minimum absolute atomic E-state index is 0.0153. The number of carbonyl (C=O) groups is 1. The molecule has 0 aromatic heterocycles. The number of aliphatic hydroxyl groups excluding tert-OH is 1. The van der Waals surface area contributed by atoms with Crippen LogP contribution >= 0.6 is 0 Å². The first kappa shape index (κ1) is 29.7. The van der Waals surface area contributed by atoms with Gasteiger partial charge in [0.1, 0.15) is 0 Å². The fourth-order valence-corrected chi connectivity index (χ4v) is 8.72. The number of fused-ring (bicyclic) bond motifs is 3. The third-order valence-electron chi connectivity index (χ3n) is 11.1. The molecule has 36 heavy (non-hydrogen) atoms. The third kappa shape index (κ3) is 6.59. The minimum Gasteiger partial charge on any atom is -0.393 e. The van der Waals surface area contributed by atoms with Gasteiger partial charge in [-0.3, -0.25) is 4.79 Å². The molecule has 5 atom stereocenters. The normalized spacial score (nSPS) is 31.6. The van der Waals surface area contributed by atoms with Crippen LogP contribution in [0.25, 0.3) is 0 Å². The van der Waals surface area contributed by atoms with Crippen LogP contribution in [0.4, 0.5) is 0 Å². The summed E-state index contributed by atoms with van der Waals surface area (Å²) in [6.45, 7) is 15.7. The summed E-state index contributed by atoms with van der Waals surface area (Å²) in [5.41, 5.74) is 3.55. The van der Waals surface area contributed by atoms with Crippen molar-refractivity contribution in [2.24, 2.45) is 28.6 Å². The molecule has 3 unspecified atom stereocenters. The van der Waals surface area contributed by atoms with Crippen LogP contribution in [0.2, 0.25) is 0 Å². The van der Waals surface area contributed by atoms with E-state index in [1.54, 1.807) is 11.1 Å². The summed E-state index contributed by atoms with van der Waals surface area (Å²) >= 11 is 0. The Morgan fingerprint density at radius 1 is 0.944 bits per heavy atom. The van der Waals surface area contributed by atoms with E-state index < -0.39 is 0 Å². The monoisotopic (exact) mass is 501 g/mol. The number of nitrogens with zero attached hydrogens (tertiary/aromatic N) is 1. The van der Waals surface area contributed by atoms with Gasteiger partial charge in [0.25, 0.3) is 0 Å². The van der Waals surface area contributed by atoms with Gasteiger partial charge in [0.2, 0.25) is 5.91 Å². The van der Waals surface area contributed by atoms with Gasteiger partial charge < -0.3 is 10.0 Å². The van der Waals surface area contributed by atoms with Crippen LogP contribution < -0.4 is 0 Å². The van der Waals surface area contributed by atoms with E-state index in [-0.39, 0.29) is 11.5 Å². The van der Waals surface area contributed by atoms with E-state index in [0.29, 0.717) is 29.6 Å². The lowest BCUT2D eigenvalue weighted by Gasteiger charge is -2.62.